The number of benzene rings is 3. The average molecular weight is 417 g/mol. The summed E-state index contributed by atoms with van der Waals surface area (Å²) >= 11 is 3.47. The molecule has 0 fully saturated rings. The van der Waals surface area contributed by atoms with E-state index in [0.29, 0.717) is 11.2 Å². The topological polar surface area (TPSA) is 43.4 Å². The molecule has 0 atom stereocenters. The van der Waals surface area contributed by atoms with Crippen molar-refractivity contribution in [1.82, 2.24) is 0 Å². The Balaban J connectivity index is 1.82. The van der Waals surface area contributed by atoms with Gasteiger partial charge in [0.2, 0.25) is 0 Å². The number of rotatable bonds is 2. The van der Waals surface area contributed by atoms with Gasteiger partial charge in [-0.15, -0.1) is 0 Å². The summed E-state index contributed by atoms with van der Waals surface area (Å²) < 4.78 is 12.2. The van der Waals surface area contributed by atoms with E-state index in [1.807, 2.05) is 60.7 Å². The highest BCUT2D eigenvalue weighted by Gasteiger charge is 2.14. The molecule has 0 radical (unpaired) electrons. The molecule has 3 nitrogen and oxygen atoms in total. The average Bonchev–Trinajstić information content (AvgIpc) is 3.10. The molecular formula is C23H13BrO3. The molecule has 0 aliphatic carbocycles. The second-order valence-corrected chi connectivity index (χ2v) is 7.26. The van der Waals surface area contributed by atoms with Crippen molar-refractivity contribution < 1.29 is 8.83 Å². The van der Waals surface area contributed by atoms with Gasteiger partial charge >= 0.3 is 5.63 Å². The first kappa shape index (κ1) is 16.1. The van der Waals surface area contributed by atoms with Crippen LogP contribution in [-0.4, -0.2) is 0 Å². The molecule has 0 aliphatic heterocycles. The second kappa shape index (κ2) is 6.25. The van der Waals surface area contributed by atoms with E-state index in [1.165, 1.54) is 0 Å². The lowest BCUT2D eigenvalue weighted by atomic mass is 9.99. The summed E-state index contributed by atoms with van der Waals surface area (Å²) in [6.07, 6.45) is 1.74. The number of hydrogen-bond donors (Lipinski definition) is 0. The minimum Gasteiger partial charge on any atom is -0.464 e. The molecule has 5 aromatic rings. The van der Waals surface area contributed by atoms with Crippen LogP contribution in [0.3, 0.4) is 0 Å². The van der Waals surface area contributed by atoms with E-state index >= 15 is 0 Å². The highest BCUT2D eigenvalue weighted by atomic mass is 79.9. The first-order valence-electron chi connectivity index (χ1n) is 8.49. The molecule has 27 heavy (non-hydrogen) atoms. The van der Waals surface area contributed by atoms with Crippen LogP contribution in [0.1, 0.15) is 0 Å². The SMILES string of the molecule is O=c1cc(-c2ccccc2)c2cc3c(-c4ccc(Br)cc4)coc3cc2o1. The number of hydrogen-bond acceptors (Lipinski definition) is 3. The Kier molecular flexibility index (Phi) is 3.73. The van der Waals surface area contributed by atoms with Crippen molar-refractivity contribution in [3.8, 4) is 22.3 Å². The van der Waals surface area contributed by atoms with Gasteiger partial charge in [-0.3, -0.25) is 0 Å². The van der Waals surface area contributed by atoms with Crippen molar-refractivity contribution in [3.05, 3.63) is 94.0 Å². The Morgan fingerprint density at radius 1 is 0.704 bits per heavy atom. The van der Waals surface area contributed by atoms with Crippen LogP contribution >= 0.6 is 15.9 Å². The highest BCUT2D eigenvalue weighted by Crippen LogP contribution is 2.36. The molecule has 0 amide bonds. The zero-order chi connectivity index (χ0) is 18.4. The van der Waals surface area contributed by atoms with Crippen LogP contribution in [-0.2, 0) is 0 Å². The fourth-order valence-electron chi connectivity index (χ4n) is 3.39. The number of halogens is 1. The maximum Gasteiger partial charge on any atom is 0.336 e. The molecule has 0 spiro atoms. The normalized spacial score (nSPS) is 11.3. The van der Waals surface area contributed by atoms with Gasteiger partial charge in [-0.25, -0.2) is 4.79 Å². The first-order chi connectivity index (χ1) is 13.2. The minimum absolute atomic E-state index is 0.375. The van der Waals surface area contributed by atoms with Gasteiger partial charge in [0.05, 0.1) is 6.26 Å². The first-order valence-corrected chi connectivity index (χ1v) is 9.29. The van der Waals surface area contributed by atoms with Gasteiger partial charge in [0, 0.05) is 32.9 Å². The van der Waals surface area contributed by atoms with Gasteiger partial charge < -0.3 is 8.83 Å². The van der Waals surface area contributed by atoms with Crippen LogP contribution in [0.2, 0.25) is 0 Å². The van der Waals surface area contributed by atoms with Gasteiger partial charge in [-0.1, -0.05) is 58.4 Å². The second-order valence-electron chi connectivity index (χ2n) is 6.35. The van der Waals surface area contributed by atoms with Crippen molar-refractivity contribution in [2.24, 2.45) is 0 Å². The summed E-state index contributed by atoms with van der Waals surface area (Å²) in [6, 6.07) is 23.3. The lowest BCUT2D eigenvalue weighted by molar-refractivity contribution is 0.559. The molecule has 0 saturated heterocycles. The summed E-state index contributed by atoms with van der Waals surface area (Å²) in [5.74, 6) is 0. The smallest absolute Gasteiger partial charge is 0.336 e. The Morgan fingerprint density at radius 2 is 1.41 bits per heavy atom. The highest BCUT2D eigenvalue weighted by molar-refractivity contribution is 9.10. The van der Waals surface area contributed by atoms with Gasteiger partial charge in [-0.2, -0.15) is 0 Å². The third-order valence-corrected chi connectivity index (χ3v) is 5.21. The fraction of sp³-hybridized carbons (Fsp3) is 0. The Bertz CT molecular complexity index is 1330. The molecule has 4 heteroatoms. The predicted molar refractivity (Wildman–Crippen MR) is 111 cm³/mol. The van der Waals surface area contributed by atoms with Crippen LogP contribution in [0.25, 0.3) is 44.2 Å². The maximum atomic E-state index is 12.1. The fourth-order valence-corrected chi connectivity index (χ4v) is 3.66. The van der Waals surface area contributed by atoms with Crippen LogP contribution in [0.4, 0.5) is 0 Å². The van der Waals surface area contributed by atoms with Crippen LogP contribution in [0.5, 0.6) is 0 Å². The molecule has 0 aliphatic rings. The van der Waals surface area contributed by atoms with E-state index in [9.17, 15) is 4.79 Å². The Morgan fingerprint density at radius 3 is 2.19 bits per heavy atom. The summed E-state index contributed by atoms with van der Waals surface area (Å²) in [7, 11) is 0. The molecule has 0 N–H and O–H groups in total. The monoisotopic (exact) mass is 416 g/mol. The predicted octanol–water partition coefficient (Wildman–Crippen LogP) is 6.64. The molecule has 3 aromatic carbocycles. The zero-order valence-corrected chi connectivity index (χ0v) is 15.7. The molecular weight excluding hydrogens is 404 g/mol. The van der Waals surface area contributed by atoms with E-state index in [4.69, 9.17) is 8.83 Å². The Hall–Kier alpha value is -3.11. The molecule has 0 unspecified atom stereocenters. The van der Waals surface area contributed by atoms with Crippen LogP contribution < -0.4 is 5.63 Å². The van der Waals surface area contributed by atoms with E-state index in [2.05, 4.69) is 15.9 Å². The largest absolute Gasteiger partial charge is 0.464 e. The molecule has 0 bridgehead atoms. The van der Waals surface area contributed by atoms with Crippen LogP contribution in [0.15, 0.2) is 97.2 Å². The van der Waals surface area contributed by atoms with Crippen molar-refractivity contribution in [3.63, 3.8) is 0 Å². The van der Waals surface area contributed by atoms with Crippen molar-refractivity contribution in [2.75, 3.05) is 0 Å². The minimum atomic E-state index is -0.375. The van der Waals surface area contributed by atoms with Gasteiger partial charge in [-0.05, 0) is 34.9 Å². The van der Waals surface area contributed by atoms with Gasteiger partial charge in [0.25, 0.3) is 0 Å². The van der Waals surface area contributed by atoms with Crippen molar-refractivity contribution in [1.29, 1.82) is 0 Å². The molecule has 5 rings (SSSR count). The van der Waals surface area contributed by atoms with Gasteiger partial charge in [0.15, 0.2) is 0 Å². The standard InChI is InChI=1S/C23H13BrO3/c24-16-8-6-15(7-9-16)20-13-26-21-12-22-18(10-19(20)21)17(11-23(25)27-22)14-4-2-1-3-5-14/h1-13H. The van der Waals surface area contributed by atoms with Crippen molar-refractivity contribution in [2.45, 2.75) is 0 Å². The van der Waals surface area contributed by atoms with E-state index in [0.717, 1.165) is 37.5 Å². The van der Waals surface area contributed by atoms with Gasteiger partial charge in [0.1, 0.15) is 11.2 Å². The number of fused-ring (bicyclic) bond motifs is 2. The summed E-state index contributed by atoms with van der Waals surface area (Å²) in [4.78, 5) is 12.1. The van der Waals surface area contributed by atoms with Crippen LogP contribution in [0, 0.1) is 0 Å². The lowest BCUT2D eigenvalue weighted by Gasteiger charge is -2.06. The van der Waals surface area contributed by atoms with E-state index < -0.39 is 0 Å². The van der Waals surface area contributed by atoms with Crippen molar-refractivity contribution >= 4 is 37.9 Å². The third-order valence-electron chi connectivity index (χ3n) is 4.68. The molecule has 0 saturated carbocycles. The quantitative estimate of drug-likeness (QED) is 0.303. The Labute approximate surface area is 163 Å². The van der Waals surface area contributed by atoms with E-state index in [1.54, 1.807) is 18.4 Å². The zero-order valence-electron chi connectivity index (χ0n) is 14.1. The maximum absolute atomic E-state index is 12.1. The molecule has 130 valence electrons. The lowest BCUT2D eigenvalue weighted by Crippen LogP contribution is -1.98. The molecule has 2 heterocycles. The summed E-state index contributed by atoms with van der Waals surface area (Å²) in [5, 5.41) is 1.86. The summed E-state index contributed by atoms with van der Waals surface area (Å²) in [5.41, 5.74) is 4.73. The molecule has 2 aromatic heterocycles. The summed E-state index contributed by atoms with van der Waals surface area (Å²) in [6.45, 7) is 0. The number of furan rings is 1. The van der Waals surface area contributed by atoms with E-state index in [-0.39, 0.29) is 5.63 Å². The third kappa shape index (κ3) is 2.78.